The van der Waals surface area contributed by atoms with Crippen LogP contribution in [0.4, 0.5) is 0 Å². The summed E-state index contributed by atoms with van der Waals surface area (Å²) >= 11 is 0. The fourth-order valence-corrected chi connectivity index (χ4v) is 2.52. The molecule has 1 N–H and O–H groups in total. The Morgan fingerprint density at radius 3 is 2.86 bits per heavy atom. The van der Waals surface area contributed by atoms with Crippen LogP contribution in [0.15, 0.2) is 24.3 Å². The van der Waals surface area contributed by atoms with Gasteiger partial charge in [0.15, 0.2) is 0 Å². The first-order chi connectivity index (χ1) is 10.1. The largest absolute Gasteiger partial charge is 0.494 e. The molecule has 5 heteroatoms. The van der Waals surface area contributed by atoms with Crippen molar-refractivity contribution in [3.8, 4) is 5.75 Å². The lowest BCUT2D eigenvalue weighted by molar-refractivity contribution is -0.136. The molecule has 1 aliphatic heterocycles. The molecule has 1 aliphatic rings. The highest BCUT2D eigenvalue weighted by Crippen LogP contribution is 2.21. The first-order valence-corrected chi connectivity index (χ1v) is 7.34. The summed E-state index contributed by atoms with van der Waals surface area (Å²) in [5.41, 5.74) is 0.995. The molecule has 1 aromatic rings. The van der Waals surface area contributed by atoms with Crippen molar-refractivity contribution in [2.45, 2.75) is 26.3 Å². The molecule has 0 radical (unpaired) electrons. The summed E-state index contributed by atoms with van der Waals surface area (Å²) in [5.74, 6) is 0.799. The first kappa shape index (κ1) is 15.4. The normalized spacial score (nSPS) is 18.0. The van der Waals surface area contributed by atoms with Gasteiger partial charge < -0.3 is 15.0 Å². The van der Waals surface area contributed by atoms with Gasteiger partial charge in [-0.15, -0.1) is 0 Å². The highest BCUT2D eigenvalue weighted by atomic mass is 16.5. The molecule has 114 valence electrons. The fraction of sp³-hybridized carbons (Fsp3) is 0.500. The summed E-state index contributed by atoms with van der Waals surface area (Å²) in [7, 11) is 1.79. The van der Waals surface area contributed by atoms with E-state index in [2.05, 4.69) is 5.32 Å². The minimum Gasteiger partial charge on any atom is -0.494 e. The average Bonchev–Trinajstić information content (AvgIpc) is 2.49. The highest BCUT2D eigenvalue weighted by Gasteiger charge is 2.27. The molecule has 1 saturated heterocycles. The maximum Gasteiger partial charge on any atom is 0.227 e. The number of hydrogen-bond donors (Lipinski definition) is 1. The Morgan fingerprint density at radius 2 is 2.19 bits per heavy atom. The van der Waals surface area contributed by atoms with E-state index in [1.54, 1.807) is 11.9 Å². The summed E-state index contributed by atoms with van der Waals surface area (Å²) in [6, 6.07) is 7.75. The molecule has 0 aliphatic carbocycles. The molecule has 0 spiro atoms. The number of piperidine rings is 1. The fourth-order valence-electron chi connectivity index (χ4n) is 2.52. The van der Waals surface area contributed by atoms with Crippen LogP contribution >= 0.6 is 0 Å². The van der Waals surface area contributed by atoms with E-state index in [0.717, 1.165) is 11.3 Å². The topological polar surface area (TPSA) is 58.6 Å². The number of hydrogen-bond acceptors (Lipinski definition) is 3. The Morgan fingerprint density at radius 1 is 1.43 bits per heavy atom. The molecule has 5 nitrogen and oxygen atoms in total. The van der Waals surface area contributed by atoms with E-state index in [1.807, 2.05) is 31.2 Å². The van der Waals surface area contributed by atoms with Crippen LogP contribution in [0.1, 0.15) is 25.3 Å². The Hall–Kier alpha value is -2.04. The molecule has 1 heterocycles. The molecular formula is C16H22N2O3. The van der Waals surface area contributed by atoms with E-state index >= 15 is 0 Å². The van der Waals surface area contributed by atoms with Crippen LogP contribution in [0.25, 0.3) is 0 Å². The summed E-state index contributed by atoms with van der Waals surface area (Å²) in [6.07, 6.45) is 1.06. The minimum atomic E-state index is -0.119. The van der Waals surface area contributed by atoms with Gasteiger partial charge in [-0.2, -0.15) is 0 Å². The van der Waals surface area contributed by atoms with Crippen LogP contribution < -0.4 is 10.1 Å². The van der Waals surface area contributed by atoms with Gasteiger partial charge in [-0.25, -0.2) is 0 Å². The molecule has 1 atom stereocenters. The van der Waals surface area contributed by atoms with Crippen LogP contribution in [0.2, 0.25) is 0 Å². The zero-order valence-electron chi connectivity index (χ0n) is 12.6. The second-order valence-electron chi connectivity index (χ2n) is 5.27. The van der Waals surface area contributed by atoms with Gasteiger partial charge in [-0.1, -0.05) is 18.2 Å². The van der Waals surface area contributed by atoms with Gasteiger partial charge in [-0.05, 0) is 19.4 Å². The van der Waals surface area contributed by atoms with E-state index in [9.17, 15) is 9.59 Å². The Bertz CT molecular complexity index is 506. The van der Waals surface area contributed by atoms with Gasteiger partial charge in [0.1, 0.15) is 5.75 Å². The first-order valence-electron chi connectivity index (χ1n) is 7.34. The Kier molecular flexibility index (Phi) is 5.20. The van der Waals surface area contributed by atoms with Gasteiger partial charge in [0.25, 0.3) is 0 Å². The smallest absolute Gasteiger partial charge is 0.227 e. The van der Waals surface area contributed by atoms with Crippen molar-refractivity contribution in [3.05, 3.63) is 29.8 Å². The predicted molar refractivity (Wildman–Crippen MR) is 79.8 cm³/mol. The third-order valence-corrected chi connectivity index (χ3v) is 3.67. The lowest BCUT2D eigenvalue weighted by Crippen LogP contribution is -2.43. The molecule has 1 aromatic carbocycles. The predicted octanol–water partition coefficient (Wildman–Crippen LogP) is 1.57. The average molecular weight is 290 g/mol. The van der Waals surface area contributed by atoms with Gasteiger partial charge in [-0.3, -0.25) is 9.59 Å². The number of benzene rings is 1. The standard InChI is InChI=1S/C16H22N2O3/c1-3-21-14-7-5-4-6-13(14)11-18(2)16(20)12-8-9-15(19)17-10-12/h4-7,12H,3,8-11H2,1-2H3,(H,17,19). The maximum absolute atomic E-state index is 12.4. The van der Waals surface area contributed by atoms with Gasteiger partial charge >= 0.3 is 0 Å². The van der Waals surface area contributed by atoms with Crippen molar-refractivity contribution in [2.24, 2.45) is 5.92 Å². The molecule has 0 aromatic heterocycles. The summed E-state index contributed by atoms with van der Waals surface area (Å²) < 4.78 is 5.58. The van der Waals surface area contributed by atoms with Crippen LogP contribution in [-0.2, 0) is 16.1 Å². The number of para-hydroxylation sites is 1. The molecule has 2 amide bonds. The zero-order valence-corrected chi connectivity index (χ0v) is 12.6. The lowest BCUT2D eigenvalue weighted by atomic mass is 9.97. The lowest BCUT2D eigenvalue weighted by Gasteiger charge is -2.27. The van der Waals surface area contributed by atoms with Gasteiger partial charge in [0, 0.05) is 32.1 Å². The number of ether oxygens (including phenoxy) is 1. The van der Waals surface area contributed by atoms with Crippen molar-refractivity contribution in [3.63, 3.8) is 0 Å². The van der Waals surface area contributed by atoms with Crippen molar-refractivity contribution in [1.82, 2.24) is 10.2 Å². The maximum atomic E-state index is 12.4. The second kappa shape index (κ2) is 7.11. The summed E-state index contributed by atoms with van der Waals surface area (Å²) in [4.78, 5) is 25.3. The molecular weight excluding hydrogens is 268 g/mol. The minimum absolute atomic E-state index is 0.0309. The van der Waals surface area contributed by atoms with Crippen molar-refractivity contribution < 1.29 is 14.3 Å². The molecule has 0 saturated carbocycles. The second-order valence-corrected chi connectivity index (χ2v) is 5.27. The van der Waals surface area contributed by atoms with E-state index in [1.165, 1.54) is 0 Å². The van der Waals surface area contributed by atoms with Gasteiger partial charge in [0.2, 0.25) is 11.8 Å². The molecule has 1 unspecified atom stereocenters. The number of carbonyl (C=O) groups excluding carboxylic acids is 2. The van der Waals surface area contributed by atoms with Crippen molar-refractivity contribution >= 4 is 11.8 Å². The van der Waals surface area contributed by atoms with Gasteiger partial charge in [0.05, 0.1) is 12.5 Å². The van der Waals surface area contributed by atoms with Crippen LogP contribution in [-0.4, -0.2) is 36.9 Å². The molecule has 2 rings (SSSR count). The molecule has 1 fully saturated rings. The van der Waals surface area contributed by atoms with Crippen molar-refractivity contribution in [1.29, 1.82) is 0 Å². The SMILES string of the molecule is CCOc1ccccc1CN(C)C(=O)C1CCC(=O)NC1. The molecule has 0 bridgehead atoms. The number of nitrogens with one attached hydrogen (secondary N) is 1. The monoisotopic (exact) mass is 290 g/mol. The van der Waals surface area contributed by atoms with E-state index in [-0.39, 0.29) is 17.7 Å². The van der Waals surface area contributed by atoms with Crippen LogP contribution in [0.3, 0.4) is 0 Å². The third kappa shape index (κ3) is 3.97. The number of amides is 2. The zero-order chi connectivity index (χ0) is 15.2. The summed E-state index contributed by atoms with van der Waals surface area (Å²) in [6.45, 7) is 3.49. The van der Waals surface area contributed by atoms with Crippen LogP contribution in [0, 0.1) is 5.92 Å². The van der Waals surface area contributed by atoms with Crippen molar-refractivity contribution in [2.75, 3.05) is 20.2 Å². The van der Waals surface area contributed by atoms with Crippen LogP contribution in [0.5, 0.6) is 5.75 Å². The number of carbonyl (C=O) groups is 2. The number of rotatable bonds is 5. The third-order valence-electron chi connectivity index (χ3n) is 3.67. The molecule has 21 heavy (non-hydrogen) atoms. The van der Waals surface area contributed by atoms with E-state index in [0.29, 0.717) is 32.5 Å². The highest BCUT2D eigenvalue weighted by molar-refractivity contribution is 5.83. The van der Waals surface area contributed by atoms with E-state index < -0.39 is 0 Å². The van der Waals surface area contributed by atoms with E-state index in [4.69, 9.17) is 4.74 Å². The number of nitrogens with zero attached hydrogens (tertiary/aromatic N) is 1. The Balaban J connectivity index is 1.99. The quantitative estimate of drug-likeness (QED) is 0.895. The summed E-state index contributed by atoms with van der Waals surface area (Å²) in [5, 5.41) is 2.75. The Labute approximate surface area is 125 Å².